The van der Waals surface area contributed by atoms with Gasteiger partial charge in [-0.1, -0.05) is 13.0 Å². The van der Waals surface area contributed by atoms with Gasteiger partial charge in [-0.3, -0.25) is 4.98 Å². The van der Waals surface area contributed by atoms with Gasteiger partial charge >= 0.3 is 5.97 Å². The number of benzene rings is 1. The van der Waals surface area contributed by atoms with Crippen LogP contribution in [0.4, 0.5) is 0 Å². The predicted octanol–water partition coefficient (Wildman–Crippen LogP) is 4.57. The van der Waals surface area contributed by atoms with E-state index in [0.717, 1.165) is 40.8 Å². The van der Waals surface area contributed by atoms with Crippen LogP contribution in [-0.4, -0.2) is 37.2 Å². The van der Waals surface area contributed by atoms with Crippen molar-refractivity contribution in [3.05, 3.63) is 82.9 Å². The highest BCUT2D eigenvalue weighted by atomic mass is 32.1. The van der Waals surface area contributed by atoms with Crippen molar-refractivity contribution < 1.29 is 9.90 Å². The van der Waals surface area contributed by atoms with Gasteiger partial charge in [0.2, 0.25) is 0 Å². The van der Waals surface area contributed by atoms with Gasteiger partial charge in [0, 0.05) is 29.8 Å². The molecule has 0 amide bonds. The lowest BCUT2D eigenvalue weighted by Crippen LogP contribution is -2.30. The molecule has 2 atom stereocenters. The van der Waals surface area contributed by atoms with Gasteiger partial charge in [-0.15, -0.1) is 0 Å². The lowest BCUT2D eigenvalue weighted by atomic mass is 9.96. The second-order valence-corrected chi connectivity index (χ2v) is 8.22. The number of aryl methyl sites for hydroxylation is 1. The van der Waals surface area contributed by atoms with Gasteiger partial charge < -0.3 is 19.9 Å². The summed E-state index contributed by atoms with van der Waals surface area (Å²) in [6.45, 7) is 7.19. The van der Waals surface area contributed by atoms with Crippen molar-refractivity contribution in [3.63, 3.8) is 0 Å². The summed E-state index contributed by atoms with van der Waals surface area (Å²) in [7, 11) is 0. The molecule has 2 aromatic heterocycles. The van der Waals surface area contributed by atoms with E-state index in [0.29, 0.717) is 0 Å². The first-order valence-corrected chi connectivity index (χ1v) is 10.8. The third-order valence-corrected chi connectivity index (χ3v) is 6.18. The van der Waals surface area contributed by atoms with E-state index in [1.807, 2.05) is 36.5 Å². The second kappa shape index (κ2) is 8.51. The minimum absolute atomic E-state index is 0.0283. The first-order chi connectivity index (χ1) is 14.9. The second-order valence-electron chi connectivity index (χ2n) is 7.83. The van der Waals surface area contributed by atoms with E-state index in [2.05, 4.69) is 46.6 Å². The first kappa shape index (κ1) is 21.1. The Kier molecular flexibility index (Phi) is 5.78. The Bertz CT molecular complexity index is 1110. The van der Waals surface area contributed by atoms with Crippen LogP contribution in [0.5, 0.6) is 0 Å². The van der Waals surface area contributed by atoms with Gasteiger partial charge in [0.1, 0.15) is 0 Å². The summed E-state index contributed by atoms with van der Waals surface area (Å²) in [5, 5.41) is 13.4. The average molecular weight is 435 g/mol. The fourth-order valence-corrected chi connectivity index (χ4v) is 4.79. The molecule has 0 saturated carbocycles. The molecule has 3 aromatic rings. The molecule has 1 saturated heterocycles. The van der Waals surface area contributed by atoms with Gasteiger partial charge in [0.25, 0.3) is 0 Å². The molecule has 31 heavy (non-hydrogen) atoms. The maximum atomic E-state index is 11.2. The maximum absolute atomic E-state index is 11.2. The van der Waals surface area contributed by atoms with E-state index >= 15 is 0 Å². The molecule has 0 radical (unpaired) electrons. The lowest BCUT2D eigenvalue weighted by molar-refractivity contribution is 0.0697. The molecule has 2 N–H and O–H groups in total. The molecular weight excluding hydrogens is 408 g/mol. The van der Waals surface area contributed by atoms with Crippen LogP contribution in [0.1, 0.15) is 58.4 Å². The number of carboxylic acids is 1. The lowest BCUT2D eigenvalue weighted by Gasteiger charge is -2.27. The highest BCUT2D eigenvalue weighted by molar-refractivity contribution is 7.80. The Hall–Kier alpha value is -3.19. The Morgan fingerprint density at radius 1 is 1.19 bits per heavy atom. The highest BCUT2D eigenvalue weighted by Crippen LogP contribution is 2.41. The van der Waals surface area contributed by atoms with Gasteiger partial charge in [-0.05, 0) is 80.5 Å². The third-order valence-electron chi connectivity index (χ3n) is 5.82. The maximum Gasteiger partial charge on any atom is 0.335 e. The van der Waals surface area contributed by atoms with E-state index in [-0.39, 0.29) is 17.6 Å². The molecule has 1 aliphatic rings. The quantitative estimate of drug-likeness (QED) is 0.554. The highest BCUT2D eigenvalue weighted by Gasteiger charge is 2.40. The van der Waals surface area contributed by atoms with Crippen molar-refractivity contribution >= 4 is 23.3 Å². The van der Waals surface area contributed by atoms with Gasteiger partial charge in [-0.25, -0.2) is 4.79 Å². The van der Waals surface area contributed by atoms with E-state index in [4.69, 9.17) is 12.2 Å². The molecule has 0 spiro atoms. The Morgan fingerprint density at radius 3 is 2.55 bits per heavy atom. The summed E-state index contributed by atoms with van der Waals surface area (Å²) < 4.78 is 2.17. The van der Waals surface area contributed by atoms with Crippen LogP contribution in [-0.2, 0) is 0 Å². The number of carbonyl (C=O) groups is 1. The van der Waals surface area contributed by atoms with Crippen LogP contribution in [0, 0.1) is 13.8 Å². The number of aromatic nitrogens is 2. The zero-order chi connectivity index (χ0) is 22.1. The van der Waals surface area contributed by atoms with Crippen LogP contribution in [0.2, 0.25) is 0 Å². The molecule has 1 aliphatic heterocycles. The molecule has 6 nitrogen and oxygen atoms in total. The summed E-state index contributed by atoms with van der Waals surface area (Å²) in [5.41, 5.74) is 5.57. The molecule has 1 aromatic carbocycles. The number of nitrogens with one attached hydrogen (secondary N) is 1. The van der Waals surface area contributed by atoms with Crippen molar-refractivity contribution in [2.75, 3.05) is 6.54 Å². The summed E-state index contributed by atoms with van der Waals surface area (Å²) >= 11 is 5.70. The topological polar surface area (TPSA) is 70.4 Å². The third kappa shape index (κ3) is 3.81. The molecule has 1 fully saturated rings. The SMILES string of the molecule is CCCN1C(=S)N[C@@H](c2ccccn2)[C@@H]1c1cc(C)n(-c2ccc(C(=O)O)cc2)c1C. The van der Waals surface area contributed by atoms with Crippen molar-refractivity contribution in [1.82, 2.24) is 19.8 Å². The smallest absolute Gasteiger partial charge is 0.335 e. The summed E-state index contributed by atoms with van der Waals surface area (Å²) in [4.78, 5) is 18.1. The Morgan fingerprint density at radius 2 is 1.94 bits per heavy atom. The largest absolute Gasteiger partial charge is 0.478 e. The summed E-state index contributed by atoms with van der Waals surface area (Å²) in [6.07, 6.45) is 2.80. The summed E-state index contributed by atoms with van der Waals surface area (Å²) in [5.74, 6) is -0.924. The van der Waals surface area contributed by atoms with Crippen LogP contribution < -0.4 is 5.32 Å². The van der Waals surface area contributed by atoms with Crippen LogP contribution >= 0.6 is 12.2 Å². The standard InChI is InChI=1S/C24H26N4O2S/c1-4-13-27-22(21(26-24(27)31)20-7-5-6-12-25-20)19-14-15(2)28(16(19)3)18-10-8-17(9-11-18)23(29)30/h5-12,14,21-22H,4,13H2,1-3H3,(H,26,31)(H,29,30)/t21-,22-/m0/s1. The van der Waals surface area contributed by atoms with Crippen molar-refractivity contribution in [3.8, 4) is 5.69 Å². The number of aromatic carboxylic acids is 1. The van der Waals surface area contributed by atoms with Crippen molar-refractivity contribution in [2.45, 2.75) is 39.3 Å². The molecule has 4 rings (SSSR count). The number of thiocarbonyl (C=S) groups is 1. The van der Waals surface area contributed by atoms with Gasteiger partial charge in [0.15, 0.2) is 5.11 Å². The average Bonchev–Trinajstić information content (AvgIpc) is 3.24. The van der Waals surface area contributed by atoms with Gasteiger partial charge in [-0.2, -0.15) is 0 Å². The zero-order valence-corrected chi connectivity index (χ0v) is 18.7. The van der Waals surface area contributed by atoms with Crippen LogP contribution in [0.15, 0.2) is 54.7 Å². The van der Waals surface area contributed by atoms with Crippen molar-refractivity contribution in [1.29, 1.82) is 0 Å². The summed E-state index contributed by atoms with van der Waals surface area (Å²) in [6, 6.07) is 15.1. The van der Waals surface area contributed by atoms with E-state index in [1.54, 1.807) is 12.1 Å². The number of pyridine rings is 1. The van der Waals surface area contributed by atoms with Crippen molar-refractivity contribution in [2.24, 2.45) is 0 Å². The number of hydrogen-bond donors (Lipinski definition) is 2. The predicted molar refractivity (Wildman–Crippen MR) is 125 cm³/mol. The fourth-order valence-electron chi connectivity index (χ4n) is 4.46. The van der Waals surface area contributed by atoms with E-state index in [1.165, 1.54) is 5.56 Å². The van der Waals surface area contributed by atoms with Crippen LogP contribution in [0.25, 0.3) is 5.69 Å². The fraction of sp³-hybridized carbons (Fsp3) is 0.292. The molecule has 0 aliphatic carbocycles. The monoisotopic (exact) mass is 434 g/mol. The molecule has 7 heteroatoms. The molecule has 3 heterocycles. The van der Waals surface area contributed by atoms with E-state index < -0.39 is 5.97 Å². The van der Waals surface area contributed by atoms with Crippen LogP contribution in [0.3, 0.4) is 0 Å². The Balaban J connectivity index is 1.80. The number of rotatable bonds is 6. The number of nitrogens with zero attached hydrogens (tertiary/aromatic N) is 3. The molecule has 0 bridgehead atoms. The molecule has 0 unspecified atom stereocenters. The normalized spacial score (nSPS) is 18.3. The minimum Gasteiger partial charge on any atom is -0.478 e. The van der Waals surface area contributed by atoms with Gasteiger partial charge in [0.05, 0.1) is 23.3 Å². The Labute approximate surface area is 187 Å². The molecular formula is C24H26N4O2S. The minimum atomic E-state index is -0.924. The molecule has 160 valence electrons. The number of hydrogen-bond acceptors (Lipinski definition) is 3. The van der Waals surface area contributed by atoms with E-state index in [9.17, 15) is 9.90 Å². The first-order valence-electron chi connectivity index (χ1n) is 10.4. The number of carboxylic acid groups (broad SMARTS) is 1. The zero-order valence-electron chi connectivity index (χ0n) is 17.9.